The lowest BCUT2D eigenvalue weighted by atomic mass is 9.98. The molecule has 1 heterocycles. The Hall–Kier alpha value is -6.90. The number of hydrogen-bond donors (Lipinski definition) is 0. The molecular formula is C50H33NO. The molecular weight excluding hydrogens is 631 g/mol. The van der Waals surface area contributed by atoms with Gasteiger partial charge < -0.3 is 9.32 Å². The molecule has 0 saturated heterocycles. The quantitative estimate of drug-likeness (QED) is 0.176. The molecule has 0 spiro atoms. The summed E-state index contributed by atoms with van der Waals surface area (Å²) in [7, 11) is 0. The van der Waals surface area contributed by atoms with Gasteiger partial charge >= 0.3 is 0 Å². The van der Waals surface area contributed by atoms with Gasteiger partial charge in [-0.05, 0) is 98.1 Å². The average Bonchev–Trinajstić information content (AvgIpc) is 3.59. The summed E-state index contributed by atoms with van der Waals surface area (Å²) in [6, 6.07) is 71.6. The van der Waals surface area contributed by atoms with Crippen molar-refractivity contribution in [3.05, 3.63) is 200 Å². The Morgan fingerprint density at radius 1 is 0.308 bits per heavy atom. The molecule has 10 rings (SSSR count). The summed E-state index contributed by atoms with van der Waals surface area (Å²) >= 11 is 0. The van der Waals surface area contributed by atoms with E-state index in [4.69, 9.17) is 4.42 Å². The van der Waals surface area contributed by atoms with Gasteiger partial charge in [-0.2, -0.15) is 0 Å². The van der Waals surface area contributed by atoms with Gasteiger partial charge in [0.1, 0.15) is 5.58 Å². The van der Waals surface area contributed by atoms with Crippen LogP contribution in [0.5, 0.6) is 0 Å². The average molecular weight is 664 g/mol. The molecule has 0 aliphatic rings. The molecule has 2 heteroatoms. The van der Waals surface area contributed by atoms with E-state index < -0.39 is 0 Å². The Kier molecular flexibility index (Phi) is 7.18. The maximum atomic E-state index is 6.92. The van der Waals surface area contributed by atoms with E-state index in [1.165, 1.54) is 44.2 Å². The van der Waals surface area contributed by atoms with Gasteiger partial charge in [0, 0.05) is 27.5 Å². The van der Waals surface area contributed by atoms with Crippen LogP contribution in [0.15, 0.2) is 205 Å². The molecule has 2 nitrogen and oxygen atoms in total. The fraction of sp³-hybridized carbons (Fsp3) is 0. The number of anilines is 3. The van der Waals surface area contributed by atoms with Crippen LogP contribution in [0.3, 0.4) is 0 Å². The summed E-state index contributed by atoms with van der Waals surface area (Å²) in [5.41, 5.74) is 12.0. The van der Waals surface area contributed by atoms with Crippen LogP contribution < -0.4 is 4.90 Å². The van der Waals surface area contributed by atoms with Crippen LogP contribution in [-0.4, -0.2) is 0 Å². The number of benzene rings is 9. The highest BCUT2D eigenvalue weighted by Crippen LogP contribution is 2.47. The van der Waals surface area contributed by atoms with Crippen LogP contribution in [0.2, 0.25) is 0 Å². The molecule has 10 aromatic rings. The van der Waals surface area contributed by atoms with E-state index in [2.05, 4.69) is 205 Å². The van der Waals surface area contributed by atoms with Gasteiger partial charge in [0.05, 0.1) is 5.69 Å². The predicted molar refractivity (Wildman–Crippen MR) is 220 cm³/mol. The van der Waals surface area contributed by atoms with Gasteiger partial charge in [0.25, 0.3) is 0 Å². The molecule has 0 fully saturated rings. The number of nitrogens with zero attached hydrogens (tertiary/aromatic N) is 1. The summed E-state index contributed by atoms with van der Waals surface area (Å²) in [4.78, 5) is 2.36. The normalized spacial score (nSPS) is 11.5. The standard InChI is InChI=1S/C50H33NO/c1-3-11-34(12-4-1)37-21-26-43(27-22-37)51(44-28-23-38(24-29-44)35-13-5-2-6-14-35)49-45-18-10-9-17-42(45)33-47-46-32-41(25-30-48(46)52-50(47)49)40-20-19-36-15-7-8-16-39(36)31-40/h1-33H. The minimum atomic E-state index is 0.864. The summed E-state index contributed by atoms with van der Waals surface area (Å²) in [6.07, 6.45) is 0. The van der Waals surface area contributed by atoms with E-state index in [1.807, 2.05) is 0 Å². The number of furan rings is 1. The highest BCUT2D eigenvalue weighted by molar-refractivity contribution is 6.19. The van der Waals surface area contributed by atoms with Gasteiger partial charge in [0.15, 0.2) is 5.58 Å². The van der Waals surface area contributed by atoms with Crippen molar-refractivity contribution < 1.29 is 4.42 Å². The van der Waals surface area contributed by atoms with Crippen molar-refractivity contribution in [3.8, 4) is 33.4 Å². The molecule has 1 aromatic heterocycles. The molecule has 9 aromatic carbocycles. The van der Waals surface area contributed by atoms with Crippen LogP contribution in [0.25, 0.3) is 76.9 Å². The zero-order valence-corrected chi connectivity index (χ0v) is 28.4. The second-order valence-corrected chi connectivity index (χ2v) is 13.4. The molecule has 0 bridgehead atoms. The molecule has 0 radical (unpaired) electrons. The smallest absolute Gasteiger partial charge is 0.160 e. The first kappa shape index (κ1) is 30.0. The van der Waals surface area contributed by atoms with E-state index in [9.17, 15) is 0 Å². The first-order valence-electron chi connectivity index (χ1n) is 17.8. The molecule has 244 valence electrons. The number of rotatable bonds is 6. The first-order chi connectivity index (χ1) is 25.8. The van der Waals surface area contributed by atoms with E-state index in [0.717, 1.165) is 49.8 Å². The van der Waals surface area contributed by atoms with Crippen molar-refractivity contribution >= 4 is 60.5 Å². The van der Waals surface area contributed by atoms with E-state index in [0.29, 0.717) is 0 Å². The molecule has 0 amide bonds. The Bertz CT molecular complexity index is 2790. The molecule has 0 atom stereocenters. The Balaban J connectivity index is 1.19. The van der Waals surface area contributed by atoms with E-state index >= 15 is 0 Å². The van der Waals surface area contributed by atoms with Gasteiger partial charge in [-0.1, -0.05) is 152 Å². The highest BCUT2D eigenvalue weighted by atomic mass is 16.3. The second-order valence-electron chi connectivity index (χ2n) is 13.4. The molecule has 0 aliphatic heterocycles. The van der Waals surface area contributed by atoms with Crippen LogP contribution in [0, 0.1) is 0 Å². The SMILES string of the molecule is c1ccc(-c2ccc(N(c3ccc(-c4ccccc4)cc3)c3c4ccccc4cc4c3oc3ccc(-c5ccc6ccccc6c5)cc34)cc2)cc1. The van der Waals surface area contributed by atoms with Crippen LogP contribution in [0.4, 0.5) is 17.1 Å². The van der Waals surface area contributed by atoms with Gasteiger partial charge in [-0.15, -0.1) is 0 Å². The monoisotopic (exact) mass is 663 g/mol. The third-order valence-electron chi connectivity index (χ3n) is 10.2. The summed E-state index contributed by atoms with van der Waals surface area (Å²) < 4.78 is 6.92. The minimum absolute atomic E-state index is 0.864. The number of fused-ring (bicyclic) bond motifs is 5. The Morgan fingerprint density at radius 3 is 1.46 bits per heavy atom. The zero-order valence-electron chi connectivity index (χ0n) is 28.4. The van der Waals surface area contributed by atoms with Crippen molar-refractivity contribution in [2.24, 2.45) is 0 Å². The highest BCUT2D eigenvalue weighted by Gasteiger charge is 2.23. The van der Waals surface area contributed by atoms with Crippen molar-refractivity contribution in [3.63, 3.8) is 0 Å². The second kappa shape index (κ2) is 12.5. The Labute approximate surface area is 302 Å². The first-order valence-corrected chi connectivity index (χ1v) is 17.8. The van der Waals surface area contributed by atoms with Crippen molar-refractivity contribution in [2.75, 3.05) is 4.90 Å². The lowest BCUT2D eigenvalue weighted by Gasteiger charge is -2.27. The largest absolute Gasteiger partial charge is 0.454 e. The molecule has 0 N–H and O–H groups in total. The van der Waals surface area contributed by atoms with E-state index in [-0.39, 0.29) is 0 Å². The van der Waals surface area contributed by atoms with Gasteiger partial charge in [-0.25, -0.2) is 0 Å². The molecule has 0 unspecified atom stereocenters. The zero-order chi connectivity index (χ0) is 34.4. The molecule has 52 heavy (non-hydrogen) atoms. The summed E-state index contributed by atoms with van der Waals surface area (Å²) in [5, 5.41) is 6.96. The van der Waals surface area contributed by atoms with Crippen LogP contribution >= 0.6 is 0 Å². The maximum Gasteiger partial charge on any atom is 0.160 e. The third kappa shape index (κ3) is 5.21. The Morgan fingerprint density at radius 2 is 0.808 bits per heavy atom. The molecule has 0 aliphatic carbocycles. The minimum Gasteiger partial charge on any atom is -0.454 e. The van der Waals surface area contributed by atoms with Crippen molar-refractivity contribution in [1.82, 2.24) is 0 Å². The van der Waals surface area contributed by atoms with Crippen LogP contribution in [-0.2, 0) is 0 Å². The van der Waals surface area contributed by atoms with Crippen LogP contribution in [0.1, 0.15) is 0 Å². The fourth-order valence-electron chi connectivity index (χ4n) is 7.60. The van der Waals surface area contributed by atoms with E-state index in [1.54, 1.807) is 0 Å². The predicted octanol–water partition coefficient (Wildman–Crippen LogP) is 14.4. The fourth-order valence-corrected chi connectivity index (χ4v) is 7.60. The van der Waals surface area contributed by atoms with Crippen molar-refractivity contribution in [1.29, 1.82) is 0 Å². The summed E-state index contributed by atoms with van der Waals surface area (Å²) in [6.45, 7) is 0. The third-order valence-corrected chi connectivity index (χ3v) is 10.2. The summed E-state index contributed by atoms with van der Waals surface area (Å²) in [5.74, 6) is 0. The lowest BCUT2D eigenvalue weighted by molar-refractivity contribution is 0.669. The van der Waals surface area contributed by atoms with Gasteiger partial charge in [-0.3, -0.25) is 0 Å². The van der Waals surface area contributed by atoms with Crippen molar-refractivity contribution in [2.45, 2.75) is 0 Å². The molecule has 0 saturated carbocycles. The topological polar surface area (TPSA) is 16.4 Å². The number of hydrogen-bond acceptors (Lipinski definition) is 2. The maximum absolute atomic E-state index is 6.92. The van der Waals surface area contributed by atoms with Gasteiger partial charge in [0.2, 0.25) is 0 Å². The lowest BCUT2D eigenvalue weighted by Crippen LogP contribution is -2.11.